The summed E-state index contributed by atoms with van der Waals surface area (Å²) in [7, 11) is 0. The van der Waals surface area contributed by atoms with Crippen molar-refractivity contribution in [2.24, 2.45) is 5.10 Å². The molecule has 7 nitrogen and oxygen atoms in total. The summed E-state index contributed by atoms with van der Waals surface area (Å²) in [5, 5.41) is 5.20. The Kier molecular flexibility index (Phi) is 6.14. The van der Waals surface area contributed by atoms with E-state index in [1.165, 1.54) is 0 Å². The van der Waals surface area contributed by atoms with E-state index < -0.39 is 0 Å². The number of nitrogens with zero attached hydrogens (tertiary/aromatic N) is 1. The third-order valence-corrected chi connectivity index (χ3v) is 5.75. The second-order valence-electron chi connectivity index (χ2n) is 8.00. The number of nitrogens with one attached hydrogen (secondary N) is 4. The first-order chi connectivity index (χ1) is 16.3. The lowest BCUT2D eigenvalue weighted by atomic mass is 10.0. The number of amides is 1. The Labute approximate surface area is 191 Å². The van der Waals surface area contributed by atoms with Gasteiger partial charge < -0.3 is 9.72 Å². The summed E-state index contributed by atoms with van der Waals surface area (Å²) in [4.78, 5) is 15.7. The highest BCUT2D eigenvalue weighted by Crippen LogP contribution is 2.25. The maximum absolute atomic E-state index is 12.5. The van der Waals surface area contributed by atoms with Crippen molar-refractivity contribution >= 4 is 23.0 Å². The third kappa shape index (κ3) is 4.95. The molecule has 4 aromatic rings. The van der Waals surface area contributed by atoms with Gasteiger partial charge >= 0.3 is 0 Å². The highest BCUT2D eigenvalue weighted by atomic mass is 16.5. The Bertz CT molecular complexity index is 1250. The minimum atomic E-state index is -0.371. The lowest BCUT2D eigenvalue weighted by Crippen LogP contribution is -2.41. The molecule has 1 aromatic heterocycles. The zero-order chi connectivity index (χ0) is 22.5. The number of benzene rings is 3. The van der Waals surface area contributed by atoms with Crippen LogP contribution in [0.15, 0.2) is 90.2 Å². The number of rotatable bonds is 7. The average molecular weight is 440 g/mol. The first kappa shape index (κ1) is 20.9. The SMILES string of the molecule is O=C(N/N=C/c1c[nH]c2ccccc12)C1CC(c2ccc(OCc3ccccc3)cc2)NN1. The third-order valence-electron chi connectivity index (χ3n) is 5.75. The molecule has 2 unspecified atom stereocenters. The average Bonchev–Trinajstić information content (AvgIpc) is 3.52. The molecule has 166 valence electrons. The van der Waals surface area contributed by atoms with E-state index >= 15 is 0 Å². The minimum Gasteiger partial charge on any atom is -0.489 e. The van der Waals surface area contributed by atoms with Crippen molar-refractivity contribution in [3.05, 3.63) is 102 Å². The van der Waals surface area contributed by atoms with Crippen molar-refractivity contribution in [3.8, 4) is 5.75 Å². The summed E-state index contributed by atoms with van der Waals surface area (Å²) in [6.07, 6.45) is 4.16. The zero-order valence-electron chi connectivity index (χ0n) is 18.0. The van der Waals surface area contributed by atoms with Gasteiger partial charge in [0.2, 0.25) is 0 Å². The summed E-state index contributed by atoms with van der Waals surface area (Å²) in [6, 6.07) is 25.7. The van der Waals surface area contributed by atoms with E-state index in [4.69, 9.17) is 4.74 Å². The number of carbonyl (C=O) groups excluding carboxylic acids is 1. The number of ether oxygens (including phenoxy) is 1. The molecule has 0 radical (unpaired) electrons. The number of carbonyl (C=O) groups is 1. The van der Waals surface area contributed by atoms with Gasteiger partial charge in [0, 0.05) is 28.7 Å². The summed E-state index contributed by atoms with van der Waals surface area (Å²) >= 11 is 0. The number of H-pyrrole nitrogens is 1. The topological polar surface area (TPSA) is 90.5 Å². The van der Waals surface area contributed by atoms with Crippen LogP contribution in [-0.2, 0) is 11.4 Å². The van der Waals surface area contributed by atoms with E-state index in [-0.39, 0.29) is 18.0 Å². The second-order valence-corrected chi connectivity index (χ2v) is 8.00. The Morgan fingerprint density at radius 2 is 1.79 bits per heavy atom. The van der Waals surface area contributed by atoms with Gasteiger partial charge in [0.15, 0.2) is 0 Å². The van der Waals surface area contributed by atoms with Gasteiger partial charge in [-0.1, -0.05) is 60.7 Å². The normalized spacial score (nSPS) is 18.1. The molecule has 3 aromatic carbocycles. The van der Waals surface area contributed by atoms with Crippen LogP contribution in [0.2, 0.25) is 0 Å². The highest BCUT2D eigenvalue weighted by Gasteiger charge is 2.30. The molecule has 0 bridgehead atoms. The van der Waals surface area contributed by atoms with E-state index in [9.17, 15) is 4.79 Å². The van der Waals surface area contributed by atoms with E-state index in [1.807, 2.05) is 85.1 Å². The maximum atomic E-state index is 12.5. The monoisotopic (exact) mass is 439 g/mol. The molecule has 2 atom stereocenters. The molecule has 1 fully saturated rings. The molecule has 33 heavy (non-hydrogen) atoms. The number of hydrogen-bond donors (Lipinski definition) is 4. The summed E-state index contributed by atoms with van der Waals surface area (Å²) in [5.74, 6) is 0.637. The second kappa shape index (κ2) is 9.68. The van der Waals surface area contributed by atoms with Gasteiger partial charge in [-0.05, 0) is 35.7 Å². The summed E-state index contributed by atoms with van der Waals surface area (Å²) in [5.41, 5.74) is 13.1. The summed E-state index contributed by atoms with van der Waals surface area (Å²) < 4.78 is 5.85. The van der Waals surface area contributed by atoms with Crippen LogP contribution in [0.1, 0.15) is 29.2 Å². The Hall–Kier alpha value is -3.94. The van der Waals surface area contributed by atoms with Gasteiger partial charge in [-0.2, -0.15) is 5.10 Å². The van der Waals surface area contributed by atoms with Crippen LogP contribution in [0.3, 0.4) is 0 Å². The number of aromatic amines is 1. The minimum absolute atomic E-state index is 0.0292. The van der Waals surface area contributed by atoms with Crippen LogP contribution in [0.25, 0.3) is 10.9 Å². The van der Waals surface area contributed by atoms with Crippen LogP contribution in [0.4, 0.5) is 0 Å². The van der Waals surface area contributed by atoms with Gasteiger partial charge in [0.1, 0.15) is 18.4 Å². The van der Waals surface area contributed by atoms with Crippen molar-refractivity contribution in [2.75, 3.05) is 0 Å². The van der Waals surface area contributed by atoms with Crippen molar-refractivity contribution in [3.63, 3.8) is 0 Å². The molecule has 7 heteroatoms. The van der Waals surface area contributed by atoms with Crippen molar-refractivity contribution in [2.45, 2.75) is 25.1 Å². The Morgan fingerprint density at radius 1 is 1.00 bits per heavy atom. The number of hydrazine groups is 1. The molecule has 5 rings (SSSR count). The number of aromatic nitrogens is 1. The summed E-state index contributed by atoms with van der Waals surface area (Å²) in [6.45, 7) is 0.532. The van der Waals surface area contributed by atoms with E-state index in [0.29, 0.717) is 13.0 Å². The first-order valence-electron chi connectivity index (χ1n) is 10.9. The number of hydrazone groups is 1. The predicted molar refractivity (Wildman–Crippen MR) is 129 cm³/mol. The van der Waals surface area contributed by atoms with Crippen molar-refractivity contribution in [1.29, 1.82) is 0 Å². The van der Waals surface area contributed by atoms with Gasteiger partial charge in [-0.15, -0.1) is 0 Å². The molecule has 1 saturated heterocycles. The molecule has 0 spiro atoms. The van der Waals surface area contributed by atoms with Gasteiger partial charge in [0.25, 0.3) is 5.91 Å². The van der Waals surface area contributed by atoms with E-state index in [1.54, 1.807) is 6.21 Å². The Morgan fingerprint density at radius 3 is 2.64 bits per heavy atom. The number of hydrogen-bond acceptors (Lipinski definition) is 5. The fourth-order valence-electron chi connectivity index (χ4n) is 3.93. The molecule has 2 heterocycles. The smallest absolute Gasteiger partial charge is 0.258 e. The van der Waals surface area contributed by atoms with Crippen LogP contribution < -0.4 is 21.0 Å². The molecule has 1 aliphatic rings. The fourth-order valence-corrected chi connectivity index (χ4v) is 3.93. The predicted octanol–water partition coefficient (Wildman–Crippen LogP) is 3.80. The number of para-hydroxylation sites is 1. The van der Waals surface area contributed by atoms with Crippen molar-refractivity contribution < 1.29 is 9.53 Å². The first-order valence-corrected chi connectivity index (χ1v) is 10.9. The van der Waals surface area contributed by atoms with Gasteiger partial charge in [0.05, 0.1) is 6.21 Å². The molecule has 1 amide bonds. The quantitative estimate of drug-likeness (QED) is 0.260. The maximum Gasteiger partial charge on any atom is 0.258 e. The lowest BCUT2D eigenvalue weighted by Gasteiger charge is -2.11. The largest absolute Gasteiger partial charge is 0.489 e. The van der Waals surface area contributed by atoms with Crippen LogP contribution in [-0.4, -0.2) is 23.1 Å². The van der Waals surface area contributed by atoms with Crippen molar-refractivity contribution in [1.82, 2.24) is 21.3 Å². The highest BCUT2D eigenvalue weighted by molar-refractivity contribution is 5.99. The molecule has 0 saturated carbocycles. The van der Waals surface area contributed by atoms with Crippen LogP contribution in [0, 0.1) is 0 Å². The number of fused-ring (bicyclic) bond motifs is 1. The van der Waals surface area contributed by atoms with Gasteiger partial charge in [-0.25, -0.2) is 16.3 Å². The van der Waals surface area contributed by atoms with Gasteiger partial charge in [-0.3, -0.25) is 4.79 Å². The van der Waals surface area contributed by atoms with Crippen LogP contribution in [0.5, 0.6) is 5.75 Å². The van der Waals surface area contributed by atoms with E-state index in [2.05, 4.69) is 26.4 Å². The molecule has 4 N–H and O–H groups in total. The molecule has 0 aliphatic carbocycles. The molecular weight excluding hydrogens is 414 g/mol. The standard InChI is InChI=1S/C26H25N5O2/c32-26(31-28-16-20-15-27-23-9-5-4-8-22(20)23)25-14-24(29-30-25)19-10-12-21(13-11-19)33-17-18-6-2-1-3-7-18/h1-13,15-16,24-25,27,29-30H,14,17H2,(H,31,32)/b28-16+. The fraction of sp³-hybridized carbons (Fsp3) is 0.154. The zero-order valence-corrected chi connectivity index (χ0v) is 18.0. The van der Waals surface area contributed by atoms with Crippen LogP contribution >= 0.6 is 0 Å². The lowest BCUT2D eigenvalue weighted by molar-refractivity contribution is -0.122. The van der Waals surface area contributed by atoms with E-state index in [0.717, 1.165) is 33.3 Å². The molecular formula is C26H25N5O2. The molecule has 1 aliphatic heterocycles. The Balaban J connectivity index is 1.13.